The summed E-state index contributed by atoms with van der Waals surface area (Å²) in [6.07, 6.45) is 1.27. The Bertz CT molecular complexity index is 1040. The van der Waals surface area contributed by atoms with E-state index in [1.165, 1.54) is 0 Å². The lowest BCUT2D eigenvalue weighted by atomic mass is 9.76. The molecule has 3 aromatic rings. The van der Waals surface area contributed by atoms with Crippen molar-refractivity contribution in [1.82, 2.24) is 9.78 Å². The number of nitrogens with zero attached hydrogens (tertiary/aromatic N) is 2. The van der Waals surface area contributed by atoms with Crippen molar-refractivity contribution >= 4 is 28.9 Å². The van der Waals surface area contributed by atoms with Gasteiger partial charge in [0, 0.05) is 17.1 Å². The highest BCUT2D eigenvalue weighted by atomic mass is 35.5. The van der Waals surface area contributed by atoms with Gasteiger partial charge in [-0.25, -0.2) is 4.68 Å². The van der Waals surface area contributed by atoms with E-state index in [2.05, 4.69) is 19.2 Å². The van der Waals surface area contributed by atoms with E-state index in [9.17, 15) is 4.79 Å². The average molecular weight is 396 g/mol. The zero-order chi connectivity index (χ0) is 19.9. The number of carbonyl (C=O) groups excluding carboxylic acids is 1. The summed E-state index contributed by atoms with van der Waals surface area (Å²) in [4.78, 5) is 13.0. The fourth-order valence-corrected chi connectivity index (χ4v) is 3.87. The van der Waals surface area contributed by atoms with Gasteiger partial charge in [0.25, 0.3) is 0 Å². The zero-order valence-corrected chi connectivity index (χ0v) is 16.9. The molecule has 0 amide bonds. The summed E-state index contributed by atoms with van der Waals surface area (Å²) >= 11 is 6.11. The third kappa shape index (κ3) is 3.50. The number of anilines is 2. The monoisotopic (exact) mass is 395 g/mol. The summed E-state index contributed by atoms with van der Waals surface area (Å²) in [5, 5.41) is 8.67. The van der Waals surface area contributed by atoms with Crippen LogP contribution in [0.25, 0.3) is 5.69 Å². The van der Waals surface area contributed by atoms with E-state index in [4.69, 9.17) is 21.4 Å². The van der Waals surface area contributed by atoms with Gasteiger partial charge in [-0.05, 0) is 54.3 Å². The highest BCUT2D eigenvalue weighted by Gasteiger charge is 2.36. The van der Waals surface area contributed by atoms with Crippen molar-refractivity contribution < 1.29 is 9.53 Å². The first kappa shape index (κ1) is 18.6. The Labute approximate surface area is 169 Å². The second kappa shape index (κ2) is 6.99. The van der Waals surface area contributed by atoms with Crippen LogP contribution in [0.2, 0.25) is 5.02 Å². The summed E-state index contributed by atoms with van der Waals surface area (Å²) in [5.74, 6) is 1.45. The molecule has 0 spiro atoms. The van der Waals surface area contributed by atoms with E-state index in [1.54, 1.807) is 7.11 Å². The largest absolute Gasteiger partial charge is 0.497 e. The number of rotatable bonds is 4. The third-order valence-electron chi connectivity index (χ3n) is 4.95. The number of nitrogens with one attached hydrogen (secondary N) is 1. The van der Waals surface area contributed by atoms with Gasteiger partial charge in [0.05, 0.1) is 24.1 Å². The SMILES string of the molecule is COc1ccc(-n2nc(Nc3cccc(Cl)c3)c3c2CC(C)(C)CC3=O)cc1. The number of benzene rings is 2. The van der Waals surface area contributed by atoms with Gasteiger partial charge in [-0.15, -0.1) is 5.10 Å². The smallest absolute Gasteiger partial charge is 0.169 e. The van der Waals surface area contributed by atoms with Gasteiger partial charge in [0.15, 0.2) is 11.6 Å². The quantitative estimate of drug-likeness (QED) is 0.639. The Morgan fingerprint density at radius 2 is 1.89 bits per heavy atom. The predicted molar refractivity (Wildman–Crippen MR) is 111 cm³/mol. The van der Waals surface area contributed by atoms with Crippen molar-refractivity contribution in [3.63, 3.8) is 0 Å². The lowest BCUT2D eigenvalue weighted by molar-refractivity contribution is 0.0912. The molecule has 2 aromatic carbocycles. The van der Waals surface area contributed by atoms with E-state index in [0.29, 0.717) is 22.8 Å². The number of fused-ring (bicyclic) bond motifs is 1. The number of carbonyl (C=O) groups is 1. The van der Waals surface area contributed by atoms with Crippen LogP contribution >= 0.6 is 11.6 Å². The maximum Gasteiger partial charge on any atom is 0.169 e. The standard InChI is InChI=1S/C22H22ClN3O2/c1-22(2)12-18-20(19(27)13-22)21(24-15-6-4-5-14(23)11-15)25-26(18)16-7-9-17(28-3)10-8-16/h4-11H,12-13H2,1-3H3,(H,24,25). The van der Waals surface area contributed by atoms with E-state index < -0.39 is 0 Å². The fraction of sp³-hybridized carbons (Fsp3) is 0.273. The predicted octanol–water partition coefficient (Wildman–Crippen LogP) is 5.43. The molecule has 0 radical (unpaired) electrons. The number of hydrogen-bond donors (Lipinski definition) is 1. The maximum atomic E-state index is 13.0. The number of methoxy groups -OCH3 is 1. The summed E-state index contributed by atoms with van der Waals surface area (Å²) in [5.41, 5.74) is 3.17. The fourth-order valence-electron chi connectivity index (χ4n) is 3.68. The number of aromatic nitrogens is 2. The molecule has 1 N–H and O–H groups in total. The van der Waals surface area contributed by atoms with Gasteiger partial charge in [-0.3, -0.25) is 4.79 Å². The van der Waals surface area contributed by atoms with Crippen molar-refractivity contribution in [3.8, 4) is 11.4 Å². The molecule has 0 bridgehead atoms. The van der Waals surface area contributed by atoms with Gasteiger partial charge >= 0.3 is 0 Å². The first-order valence-corrected chi connectivity index (χ1v) is 9.56. The Kier molecular flexibility index (Phi) is 4.63. The Balaban J connectivity index is 1.83. The number of hydrogen-bond acceptors (Lipinski definition) is 4. The normalized spacial score (nSPS) is 15.2. The summed E-state index contributed by atoms with van der Waals surface area (Å²) in [7, 11) is 1.64. The van der Waals surface area contributed by atoms with Crippen molar-refractivity contribution in [3.05, 3.63) is 64.8 Å². The molecule has 0 saturated heterocycles. The van der Waals surface area contributed by atoms with Crippen LogP contribution in [0.5, 0.6) is 5.75 Å². The molecule has 144 valence electrons. The molecule has 0 saturated carbocycles. The number of Topliss-reactive ketones (excluding diaryl/α,β-unsaturated/α-hetero) is 1. The zero-order valence-electron chi connectivity index (χ0n) is 16.1. The molecule has 6 heteroatoms. The Hall–Kier alpha value is -2.79. The second-order valence-corrected chi connectivity index (χ2v) is 8.29. The maximum absolute atomic E-state index is 13.0. The van der Waals surface area contributed by atoms with Gasteiger partial charge in [-0.1, -0.05) is 31.5 Å². The van der Waals surface area contributed by atoms with Crippen LogP contribution in [0.3, 0.4) is 0 Å². The van der Waals surface area contributed by atoms with Crippen molar-refractivity contribution in [2.45, 2.75) is 26.7 Å². The molecule has 0 aliphatic heterocycles. The summed E-state index contributed by atoms with van der Waals surface area (Å²) in [6.45, 7) is 4.23. The minimum Gasteiger partial charge on any atom is -0.497 e. The highest BCUT2D eigenvalue weighted by molar-refractivity contribution is 6.30. The molecule has 1 heterocycles. The molecule has 1 aliphatic rings. The topological polar surface area (TPSA) is 56.1 Å². The molecule has 0 fully saturated rings. The van der Waals surface area contributed by atoms with Crippen molar-refractivity contribution in [1.29, 1.82) is 0 Å². The van der Waals surface area contributed by atoms with Crippen molar-refractivity contribution in [2.75, 3.05) is 12.4 Å². The minimum atomic E-state index is -0.109. The Morgan fingerprint density at radius 1 is 1.14 bits per heavy atom. The van der Waals surface area contributed by atoms with Crippen molar-refractivity contribution in [2.24, 2.45) is 5.41 Å². The van der Waals surface area contributed by atoms with Gasteiger partial charge < -0.3 is 10.1 Å². The first-order valence-electron chi connectivity index (χ1n) is 9.18. The number of ether oxygens (including phenoxy) is 1. The van der Waals surface area contributed by atoms with Crippen LogP contribution in [0.4, 0.5) is 11.5 Å². The first-order chi connectivity index (χ1) is 13.4. The molecule has 0 unspecified atom stereocenters. The van der Waals surface area contributed by atoms with Crippen LogP contribution in [0.15, 0.2) is 48.5 Å². The Morgan fingerprint density at radius 3 is 2.57 bits per heavy atom. The summed E-state index contributed by atoms with van der Waals surface area (Å²) in [6, 6.07) is 15.1. The average Bonchev–Trinajstić information content (AvgIpc) is 2.99. The van der Waals surface area contributed by atoms with E-state index in [1.807, 2.05) is 53.2 Å². The van der Waals surface area contributed by atoms with Crippen LogP contribution in [-0.4, -0.2) is 22.7 Å². The van der Waals surface area contributed by atoms with E-state index in [-0.39, 0.29) is 11.2 Å². The molecule has 5 nitrogen and oxygen atoms in total. The lowest BCUT2D eigenvalue weighted by Crippen LogP contribution is -2.28. The van der Waals surface area contributed by atoms with Gasteiger partial charge in [-0.2, -0.15) is 0 Å². The summed E-state index contributed by atoms with van der Waals surface area (Å²) < 4.78 is 7.12. The number of halogens is 1. The molecule has 1 aromatic heterocycles. The van der Waals surface area contributed by atoms with Crippen LogP contribution < -0.4 is 10.1 Å². The molecular weight excluding hydrogens is 374 g/mol. The van der Waals surface area contributed by atoms with Gasteiger partial charge in [0.1, 0.15) is 5.75 Å². The van der Waals surface area contributed by atoms with Crippen LogP contribution in [-0.2, 0) is 6.42 Å². The minimum absolute atomic E-state index is 0.107. The molecule has 28 heavy (non-hydrogen) atoms. The lowest BCUT2D eigenvalue weighted by Gasteiger charge is -2.29. The molecule has 1 aliphatic carbocycles. The van der Waals surface area contributed by atoms with E-state index in [0.717, 1.165) is 29.2 Å². The van der Waals surface area contributed by atoms with E-state index >= 15 is 0 Å². The molecule has 0 atom stereocenters. The molecule has 4 rings (SSSR count). The number of ketones is 1. The van der Waals surface area contributed by atoms with Gasteiger partial charge in [0.2, 0.25) is 0 Å². The highest BCUT2D eigenvalue weighted by Crippen LogP contribution is 2.39. The van der Waals surface area contributed by atoms with Crippen LogP contribution in [0.1, 0.15) is 36.3 Å². The third-order valence-corrected chi connectivity index (χ3v) is 5.18. The second-order valence-electron chi connectivity index (χ2n) is 7.86. The molecular formula is C22H22ClN3O2. The van der Waals surface area contributed by atoms with Crippen LogP contribution in [0, 0.1) is 5.41 Å².